The summed E-state index contributed by atoms with van der Waals surface area (Å²) in [5, 5.41) is 7.29. The molecule has 0 aliphatic carbocycles. The molecule has 0 radical (unpaired) electrons. The Kier molecular flexibility index (Phi) is 3.10. The van der Waals surface area contributed by atoms with Crippen LogP contribution in [-0.4, -0.2) is 40.7 Å². The van der Waals surface area contributed by atoms with Crippen molar-refractivity contribution in [2.45, 2.75) is 6.54 Å². The van der Waals surface area contributed by atoms with Crippen LogP contribution in [0, 0.1) is 0 Å². The second-order valence-electron chi connectivity index (χ2n) is 3.02. The molecule has 13 heavy (non-hydrogen) atoms. The molecule has 0 spiro atoms. The van der Waals surface area contributed by atoms with Gasteiger partial charge in [0.15, 0.2) is 0 Å². The summed E-state index contributed by atoms with van der Waals surface area (Å²) >= 11 is 7.17. The molecule has 1 aliphatic heterocycles. The average Bonchev–Trinajstić information content (AvgIpc) is 2.54. The Morgan fingerprint density at radius 1 is 1.46 bits per heavy atom. The molecule has 2 heterocycles. The van der Waals surface area contributed by atoms with Gasteiger partial charge in [0.1, 0.15) is 10.0 Å². The molecule has 0 unspecified atom stereocenters. The number of hydrogen-bond donors (Lipinski definition) is 1. The van der Waals surface area contributed by atoms with Crippen molar-refractivity contribution in [3.63, 3.8) is 0 Å². The molecule has 1 fully saturated rings. The molecule has 1 aliphatic rings. The highest BCUT2D eigenvalue weighted by Gasteiger charge is 2.13. The minimum atomic E-state index is 0.721. The van der Waals surface area contributed by atoms with Gasteiger partial charge >= 0.3 is 0 Å². The Morgan fingerprint density at radius 2 is 2.23 bits per heavy atom. The van der Waals surface area contributed by atoms with E-state index in [0.717, 1.165) is 42.8 Å². The maximum Gasteiger partial charge on any atom is 0.138 e. The smallest absolute Gasteiger partial charge is 0.138 e. The van der Waals surface area contributed by atoms with Crippen molar-refractivity contribution >= 4 is 23.1 Å². The highest BCUT2D eigenvalue weighted by Crippen LogP contribution is 2.18. The quantitative estimate of drug-likeness (QED) is 0.790. The second-order valence-corrected chi connectivity index (χ2v) is 4.38. The average molecular weight is 219 g/mol. The van der Waals surface area contributed by atoms with Crippen molar-refractivity contribution in [2.24, 2.45) is 0 Å². The topological polar surface area (TPSA) is 41.1 Å². The van der Waals surface area contributed by atoms with E-state index in [1.807, 2.05) is 0 Å². The van der Waals surface area contributed by atoms with E-state index >= 15 is 0 Å². The lowest BCUT2D eigenvalue weighted by molar-refractivity contribution is 0.230. The Morgan fingerprint density at radius 3 is 2.85 bits per heavy atom. The highest BCUT2D eigenvalue weighted by atomic mass is 35.5. The van der Waals surface area contributed by atoms with Crippen LogP contribution in [0.5, 0.6) is 0 Å². The standard InChI is InChI=1S/C7H11ClN4S/c8-7-6(10-11-13-7)5-12-3-1-9-2-4-12/h9H,1-5H2. The normalized spacial score (nSPS) is 19.2. The van der Waals surface area contributed by atoms with Crippen LogP contribution < -0.4 is 5.32 Å². The van der Waals surface area contributed by atoms with Crippen LogP contribution in [0.1, 0.15) is 5.69 Å². The first-order valence-corrected chi connectivity index (χ1v) is 5.41. The first-order valence-electron chi connectivity index (χ1n) is 4.26. The molecule has 0 bridgehead atoms. The van der Waals surface area contributed by atoms with Crippen LogP contribution in [0.25, 0.3) is 0 Å². The van der Waals surface area contributed by atoms with Crippen LogP contribution in [-0.2, 0) is 6.54 Å². The molecule has 0 atom stereocenters. The number of aromatic nitrogens is 2. The van der Waals surface area contributed by atoms with Crippen molar-refractivity contribution in [3.05, 3.63) is 10.0 Å². The molecular formula is C7H11ClN4S. The Labute approximate surface area is 86.1 Å². The third-order valence-electron chi connectivity index (χ3n) is 2.09. The summed E-state index contributed by atoms with van der Waals surface area (Å²) in [5.41, 5.74) is 0.911. The lowest BCUT2D eigenvalue weighted by Crippen LogP contribution is -2.42. The predicted octanol–water partition coefficient (Wildman–Crippen LogP) is 0.597. The molecule has 6 heteroatoms. The van der Waals surface area contributed by atoms with Crippen LogP contribution in [0.15, 0.2) is 0 Å². The SMILES string of the molecule is Clc1snnc1CN1CCNCC1. The van der Waals surface area contributed by atoms with Gasteiger partial charge in [0.05, 0.1) is 0 Å². The summed E-state index contributed by atoms with van der Waals surface area (Å²) in [6.07, 6.45) is 0. The monoisotopic (exact) mass is 218 g/mol. The molecule has 2 rings (SSSR count). The van der Waals surface area contributed by atoms with Gasteiger partial charge in [-0.3, -0.25) is 4.90 Å². The fourth-order valence-electron chi connectivity index (χ4n) is 1.37. The van der Waals surface area contributed by atoms with Crippen molar-refractivity contribution in [1.29, 1.82) is 0 Å². The number of nitrogens with zero attached hydrogens (tertiary/aromatic N) is 3. The minimum Gasteiger partial charge on any atom is -0.314 e. The van der Waals surface area contributed by atoms with Gasteiger partial charge in [-0.25, -0.2) is 0 Å². The summed E-state index contributed by atoms with van der Waals surface area (Å²) in [7, 11) is 0. The summed E-state index contributed by atoms with van der Waals surface area (Å²) < 4.78 is 4.53. The Bertz CT molecular complexity index is 271. The van der Waals surface area contributed by atoms with Gasteiger partial charge in [0.25, 0.3) is 0 Å². The zero-order valence-corrected chi connectivity index (χ0v) is 8.74. The summed E-state index contributed by atoms with van der Waals surface area (Å²) in [5.74, 6) is 0. The minimum absolute atomic E-state index is 0.721. The largest absolute Gasteiger partial charge is 0.314 e. The van der Waals surface area contributed by atoms with Crippen LogP contribution in [0.3, 0.4) is 0 Å². The van der Waals surface area contributed by atoms with Crippen LogP contribution >= 0.6 is 23.1 Å². The Balaban J connectivity index is 1.93. The number of hydrogen-bond acceptors (Lipinski definition) is 5. The number of halogens is 1. The highest BCUT2D eigenvalue weighted by molar-refractivity contribution is 7.10. The maximum atomic E-state index is 5.91. The zero-order valence-electron chi connectivity index (χ0n) is 7.16. The van der Waals surface area contributed by atoms with Crippen molar-refractivity contribution in [3.8, 4) is 0 Å². The molecule has 1 saturated heterocycles. The molecule has 0 saturated carbocycles. The number of piperazine rings is 1. The number of rotatable bonds is 2. The van der Waals surface area contributed by atoms with E-state index in [2.05, 4.69) is 19.8 Å². The maximum absolute atomic E-state index is 5.91. The van der Waals surface area contributed by atoms with Gasteiger partial charge < -0.3 is 5.32 Å². The summed E-state index contributed by atoms with van der Waals surface area (Å²) in [6, 6.07) is 0. The lowest BCUT2D eigenvalue weighted by Gasteiger charge is -2.26. The third kappa shape index (κ3) is 2.37. The molecular weight excluding hydrogens is 208 g/mol. The van der Waals surface area contributed by atoms with Crippen molar-refractivity contribution in [2.75, 3.05) is 26.2 Å². The fourth-order valence-corrected chi connectivity index (χ4v) is 1.98. The van der Waals surface area contributed by atoms with E-state index in [-0.39, 0.29) is 0 Å². The molecule has 1 aromatic rings. The van der Waals surface area contributed by atoms with Gasteiger partial charge in [-0.15, -0.1) is 5.10 Å². The van der Waals surface area contributed by atoms with Gasteiger partial charge in [-0.05, 0) is 0 Å². The summed E-state index contributed by atoms with van der Waals surface area (Å²) in [4.78, 5) is 2.33. The van der Waals surface area contributed by atoms with E-state index in [4.69, 9.17) is 11.6 Å². The molecule has 72 valence electrons. The van der Waals surface area contributed by atoms with Gasteiger partial charge in [-0.1, -0.05) is 16.1 Å². The second kappa shape index (κ2) is 4.32. The van der Waals surface area contributed by atoms with Crippen LogP contribution in [0.2, 0.25) is 4.34 Å². The molecule has 1 aromatic heterocycles. The van der Waals surface area contributed by atoms with Gasteiger partial charge in [0, 0.05) is 44.3 Å². The van der Waals surface area contributed by atoms with Crippen LogP contribution in [0.4, 0.5) is 0 Å². The van der Waals surface area contributed by atoms with E-state index in [1.165, 1.54) is 11.5 Å². The van der Waals surface area contributed by atoms with E-state index in [1.54, 1.807) is 0 Å². The van der Waals surface area contributed by atoms with E-state index < -0.39 is 0 Å². The summed E-state index contributed by atoms with van der Waals surface area (Å²) in [6.45, 7) is 5.06. The fraction of sp³-hybridized carbons (Fsp3) is 0.714. The van der Waals surface area contributed by atoms with Crippen molar-refractivity contribution < 1.29 is 0 Å². The Hall–Kier alpha value is -0.230. The van der Waals surface area contributed by atoms with E-state index in [0.29, 0.717) is 0 Å². The van der Waals surface area contributed by atoms with Gasteiger partial charge in [0.2, 0.25) is 0 Å². The lowest BCUT2D eigenvalue weighted by atomic mass is 10.3. The molecule has 4 nitrogen and oxygen atoms in total. The zero-order chi connectivity index (χ0) is 9.10. The van der Waals surface area contributed by atoms with E-state index in [9.17, 15) is 0 Å². The molecule has 1 N–H and O–H groups in total. The van der Waals surface area contributed by atoms with Gasteiger partial charge in [-0.2, -0.15) is 0 Å². The first kappa shape index (κ1) is 9.33. The number of nitrogens with one attached hydrogen (secondary N) is 1. The van der Waals surface area contributed by atoms with Crippen molar-refractivity contribution in [1.82, 2.24) is 19.8 Å². The third-order valence-corrected chi connectivity index (χ3v) is 3.08. The molecule has 0 amide bonds. The first-order chi connectivity index (χ1) is 6.36. The molecule has 0 aromatic carbocycles. The predicted molar refractivity (Wildman–Crippen MR) is 53.1 cm³/mol.